The zero-order valence-electron chi connectivity index (χ0n) is 16.5. The molecule has 1 heterocycles. The Kier molecular flexibility index (Phi) is 8.51. The second-order valence-corrected chi connectivity index (χ2v) is 8.21. The number of carbonyl (C=O) groups excluding carboxylic acids is 1. The molecular formula is C20H25N2O6P. The molecule has 0 radical (unpaired) electrons. The normalized spacial score (nSPS) is 11.8. The molecule has 2 aromatic rings. The second-order valence-electron chi connectivity index (χ2n) is 6.03. The molecule has 0 spiro atoms. The average Bonchev–Trinajstić information content (AvgIpc) is 2.70. The predicted octanol–water partition coefficient (Wildman–Crippen LogP) is 2.91. The van der Waals surface area contributed by atoms with Crippen LogP contribution in [0.15, 0.2) is 64.3 Å². The van der Waals surface area contributed by atoms with Gasteiger partial charge in [-0.3, -0.25) is 18.7 Å². The van der Waals surface area contributed by atoms with E-state index in [4.69, 9.17) is 9.05 Å². The van der Waals surface area contributed by atoms with Crippen LogP contribution in [0.1, 0.15) is 30.6 Å². The number of carbonyl (C=O) groups is 1. The van der Waals surface area contributed by atoms with E-state index in [1.54, 1.807) is 56.3 Å². The predicted molar refractivity (Wildman–Crippen MR) is 111 cm³/mol. The maximum Gasteiger partial charge on any atom is 0.338 e. The minimum Gasteiger partial charge on any atom is -0.309 e. The Morgan fingerprint density at radius 2 is 1.69 bits per heavy atom. The monoisotopic (exact) mass is 420 g/mol. The third-order valence-electron chi connectivity index (χ3n) is 3.97. The number of hydrogen-bond acceptors (Lipinski definition) is 6. The van der Waals surface area contributed by atoms with Gasteiger partial charge < -0.3 is 9.05 Å². The Morgan fingerprint density at radius 1 is 1.03 bits per heavy atom. The van der Waals surface area contributed by atoms with E-state index < -0.39 is 24.8 Å². The molecule has 0 amide bonds. The summed E-state index contributed by atoms with van der Waals surface area (Å²) in [6.07, 6.45) is 5.47. The van der Waals surface area contributed by atoms with Gasteiger partial charge in [0, 0.05) is 24.4 Å². The topological polar surface area (TPSA) is 96.6 Å². The average molecular weight is 420 g/mol. The molecule has 2 rings (SSSR count). The highest BCUT2D eigenvalue weighted by Gasteiger charge is 2.21. The first kappa shape index (κ1) is 22.7. The molecule has 1 aromatic carbocycles. The third kappa shape index (κ3) is 6.22. The lowest BCUT2D eigenvalue weighted by molar-refractivity contribution is 0.0948. The van der Waals surface area contributed by atoms with Crippen molar-refractivity contribution < 1.29 is 18.4 Å². The lowest BCUT2D eigenvalue weighted by Gasteiger charge is -2.15. The fourth-order valence-electron chi connectivity index (χ4n) is 2.65. The van der Waals surface area contributed by atoms with E-state index in [-0.39, 0.29) is 18.3 Å². The maximum absolute atomic E-state index is 12.6. The van der Waals surface area contributed by atoms with E-state index in [1.165, 1.54) is 16.8 Å². The van der Waals surface area contributed by atoms with E-state index in [0.717, 1.165) is 0 Å². The molecule has 0 N–H and O–H groups in total. The lowest BCUT2D eigenvalue weighted by Crippen LogP contribution is -2.43. The molecule has 0 bridgehead atoms. The van der Waals surface area contributed by atoms with E-state index in [1.807, 2.05) is 0 Å². The summed E-state index contributed by atoms with van der Waals surface area (Å²) < 4.78 is 24.7. The van der Waals surface area contributed by atoms with Crippen LogP contribution >= 0.6 is 7.60 Å². The van der Waals surface area contributed by atoms with E-state index in [0.29, 0.717) is 24.2 Å². The molecule has 8 nitrogen and oxygen atoms in total. The quantitative estimate of drug-likeness (QED) is 0.433. The van der Waals surface area contributed by atoms with Gasteiger partial charge in [0.1, 0.15) is 0 Å². The van der Waals surface area contributed by atoms with Crippen molar-refractivity contribution in [1.82, 2.24) is 9.13 Å². The molecule has 0 fully saturated rings. The number of benzene rings is 1. The molecule has 1 aromatic heterocycles. The number of hydrogen-bond donors (Lipinski definition) is 0. The SMILES string of the molecule is CCOP(=O)(CC/C=C/Cn1ccc(=O)n(C(=O)c2ccccc2)c1=O)OCC. The first-order chi connectivity index (χ1) is 13.9. The Balaban J connectivity index is 2.10. The van der Waals surface area contributed by atoms with Crippen LogP contribution in [-0.2, 0) is 20.2 Å². The molecule has 9 heteroatoms. The van der Waals surface area contributed by atoms with Crippen LogP contribution in [0.5, 0.6) is 0 Å². The fraction of sp³-hybridized carbons (Fsp3) is 0.350. The summed E-state index contributed by atoms with van der Waals surface area (Å²) in [6, 6.07) is 9.32. The van der Waals surface area contributed by atoms with Gasteiger partial charge in [0.05, 0.1) is 19.4 Å². The molecule has 0 aliphatic heterocycles. The van der Waals surface area contributed by atoms with Gasteiger partial charge in [-0.1, -0.05) is 30.4 Å². The number of rotatable bonds is 10. The van der Waals surface area contributed by atoms with Gasteiger partial charge in [0.25, 0.3) is 11.5 Å². The van der Waals surface area contributed by atoms with Crippen LogP contribution in [0.3, 0.4) is 0 Å². The van der Waals surface area contributed by atoms with Crippen LogP contribution in [0.2, 0.25) is 0 Å². The van der Waals surface area contributed by atoms with Crippen LogP contribution in [0, 0.1) is 0 Å². The molecule has 0 aliphatic rings. The summed E-state index contributed by atoms with van der Waals surface area (Å²) in [6.45, 7) is 4.26. The Bertz CT molecular complexity index is 1000. The first-order valence-electron chi connectivity index (χ1n) is 9.37. The Labute approximate surface area is 168 Å². The van der Waals surface area contributed by atoms with Crippen molar-refractivity contribution in [3.63, 3.8) is 0 Å². The second kappa shape index (κ2) is 10.9. The van der Waals surface area contributed by atoms with Crippen molar-refractivity contribution in [3.05, 3.63) is 81.1 Å². The number of allylic oxidation sites excluding steroid dienone is 2. The number of nitrogens with zero attached hydrogens (tertiary/aromatic N) is 2. The van der Waals surface area contributed by atoms with Gasteiger partial charge in [-0.15, -0.1) is 0 Å². The standard InChI is InChI=1S/C20H25N2O6P/c1-3-27-29(26,28-4-2)16-10-6-9-14-21-15-13-18(23)22(20(21)25)19(24)17-11-7-5-8-12-17/h5-9,11-13,15H,3-4,10,14,16H2,1-2H3/b9-6+. The molecule has 0 atom stereocenters. The van der Waals surface area contributed by atoms with Gasteiger partial charge in [-0.2, -0.15) is 4.57 Å². The Hall–Kier alpha value is -2.54. The van der Waals surface area contributed by atoms with Crippen molar-refractivity contribution >= 4 is 13.5 Å². The van der Waals surface area contributed by atoms with Crippen LogP contribution < -0.4 is 11.2 Å². The molecule has 0 saturated heterocycles. The van der Waals surface area contributed by atoms with Gasteiger partial charge in [-0.05, 0) is 32.4 Å². The van der Waals surface area contributed by atoms with E-state index >= 15 is 0 Å². The van der Waals surface area contributed by atoms with Crippen LogP contribution in [-0.4, -0.2) is 34.4 Å². The van der Waals surface area contributed by atoms with Crippen LogP contribution in [0.25, 0.3) is 0 Å². The van der Waals surface area contributed by atoms with Crippen molar-refractivity contribution in [2.24, 2.45) is 0 Å². The van der Waals surface area contributed by atoms with Gasteiger partial charge in [0.15, 0.2) is 0 Å². The zero-order valence-corrected chi connectivity index (χ0v) is 17.4. The van der Waals surface area contributed by atoms with Crippen LogP contribution in [0.4, 0.5) is 0 Å². The van der Waals surface area contributed by atoms with Gasteiger partial charge in [-0.25, -0.2) is 4.79 Å². The van der Waals surface area contributed by atoms with E-state index in [9.17, 15) is 18.9 Å². The molecule has 0 unspecified atom stereocenters. The largest absolute Gasteiger partial charge is 0.338 e. The summed E-state index contributed by atoms with van der Waals surface area (Å²) in [4.78, 5) is 37.2. The van der Waals surface area contributed by atoms with Crippen molar-refractivity contribution in [2.45, 2.75) is 26.8 Å². The highest BCUT2D eigenvalue weighted by molar-refractivity contribution is 7.53. The maximum atomic E-state index is 12.6. The highest BCUT2D eigenvalue weighted by atomic mass is 31.2. The lowest BCUT2D eigenvalue weighted by atomic mass is 10.2. The minimum atomic E-state index is -3.11. The summed E-state index contributed by atoms with van der Waals surface area (Å²) in [5.74, 6) is -0.673. The van der Waals surface area contributed by atoms with Crippen molar-refractivity contribution in [3.8, 4) is 0 Å². The molecule has 156 valence electrons. The molecule has 0 saturated carbocycles. The van der Waals surface area contributed by atoms with Gasteiger partial charge in [0.2, 0.25) is 0 Å². The van der Waals surface area contributed by atoms with Crippen molar-refractivity contribution in [1.29, 1.82) is 0 Å². The van der Waals surface area contributed by atoms with Crippen molar-refractivity contribution in [2.75, 3.05) is 19.4 Å². The minimum absolute atomic E-state index is 0.161. The smallest absolute Gasteiger partial charge is 0.309 e. The molecule has 0 aliphatic carbocycles. The summed E-state index contributed by atoms with van der Waals surface area (Å²) in [5.41, 5.74) is -1.15. The number of aromatic nitrogens is 2. The molecule has 29 heavy (non-hydrogen) atoms. The fourth-order valence-corrected chi connectivity index (χ4v) is 4.23. The molecular weight excluding hydrogens is 395 g/mol. The summed E-state index contributed by atoms with van der Waals surface area (Å²) in [7, 11) is -3.11. The zero-order chi connectivity index (χ0) is 21.3. The van der Waals surface area contributed by atoms with Gasteiger partial charge >= 0.3 is 13.3 Å². The van der Waals surface area contributed by atoms with E-state index in [2.05, 4.69) is 0 Å². The summed E-state index contributed by atoms with van der Waals surface area (Å²) >= 11 is 0. The third-order valence-corrected chi connectivity index (χ3v) is 6.08. The Morgan fingerprint density at radius 3 is 2.31 bits per heavy atom. The highest BCUT2D eigenvalue weighted by Crippen LogP contribution is 2.48. The first-order valence-corrected chi connectivity index (χ1v) is 11.1. The summed E-state index contributed by atoms with van der Waals surface area (Å²) in [5, 5.41) is 0.